The van der Waals surface area contributed by atoms with E-state index in [0.717, 1.165) is 44.0 Å². The van der Waals surface area contributed by atoms with E-state index in [0.29, 0.717) is 11.5 Å². The van der Waals surface area contributed by atoms with E-state index in [1.165, 1.54) is 26.4 Å². The molecule has 2 amide bonds. The number of ether oxygens (including phenoxy) is 2. The Balaban J connectivity index is 1.68. The molecule has 1 aromatic heterocycles. The minimum Gasteiger partial charge on any atom is -0.493 e. The van der Waals surface area contributed by atoms with Crippen molar-refractivity contribution in [1.29, 1.82) is 0 Å². The molecule has 1 aliphatic heterocycles. The number of amides is 2. The molecule has 0 radical (unpaired) electrons. The Morgan fingerprint density at radius 3 is 2.70 bits per heavy atom. The highest BCUT2D eigenvalue weighted by Gasteiger charge is 2.25. The maximum absolute atomic E-state index is 12.7. The van der Waals surface area contributed by atoms with Gasteiger partial charge >= 0.3 is 0 Å². The highest BCUT2D eigenvalue weighted by atomic mass is 32.2. The fourth-order valence-corrected chi connectivity index (χ4v) is 4.54. The summed E-state index contributed by atoms with van der Waals surface area (Å²) < 4.78 is 10.4. The van der Waals surface area contributed by atoms with Gasteiger partial charge in [-0.2, -0.15) is 0 Å². The van der Waals surface area contributed by atoms with Gasteiger partial charge in [0, 0.05) is 18.2 Å². The summed E-state index contributed by atoms with van der Waals surface area (Å²) in [6.45, 7) is 2.84. The number of nitrogens with one attached hydrogen (secondary N) is 2. The van der Waals surface area contributed by atoms with Crippen LogP contribution < -0.4 is 26.1 Å². The lowest BCUT2D eigenvalue weighted by Crippen LogP contribution is -2.44. The number of aromatic nitrogens is 2. The highest BCUT2D eigenvalue weighted by Crippen LogP contribution is 2.28. The predicted molar refractivity (Wildman–Crippen MR) is 127 cm³/mol. The van der Waals surface area contributed by atoms with Crippen molar-refractivity contribution in [3.63, 3.8) is 0 Å². The van der Waals surface area contributed by atoms with Gasteiger partial charge in [-0.15, -0.1) is 0 Å². The zero-order valence-corrected chi connectivity index (χ0v) is 19.8. The van der Waals surface area contributed by atoms with E-state index >= 15 is 0 Å². The van der Waals surface area contributed by atoms with E-state index < -0.39 is 11.5 Å². The van der Waals surface area contributed by atoms with Gasteiger partial charge in [0.1, 0.15) is 5.69 Å². The first-order valence-electron chi connectivity index (χ1n) is 10.7. The highest BCUT2D eigenvalue weighted by molar-refractivity contribution is 7.99. The van der Waals surface area contributed by atoms with Crippen molar-refractivity contribution < 1.29 is 19.1 Å². The van der Waals surface area contributed by atoms with Crippen LogP contribution in [0.1, 0.15) is 43.0 Å². The van der Waals surface area contributed by atoms with Crippen LogP contribution in [0.2, 0.25) is 0 Å². The maximum Gasteiger partial charge on any atom is 0.277 e. The first kappa shape index (κ1) is 24.4. The fourth-order valence-electron chi connectivity index (χ4n) is 3.79. The summed E-state index contributed by atoms with van der Waals surface area (Å²) in [5.41, 5.74) is 5.44. The van der Waals surface area contributed by atoms with Crippen molar-refractivity contribution in [2.24, 2.45) is 0 Å². The topological polar surface area (TPSA) is 140 Å². The van der Waals surface area contributed by atoms with Crippen molar-refractivity contribution in [2.45, 2.75) is 43.8 Å². The maximum atomic E-state index is 12.7. The van der Waals surface area contributed by atoms with Gasteiger partial charge in [0.25, 0.3) is 11.5 Å². The van der Waals surface area contributed by atoms with Gasteiger partial charge in [0.05, 0.1) is 20.0 Å². The van der Waals surface area contributed by atoms with E-state index in [1.807, 2.05) is 4.90 Å². The van der Waals surface area contributed by atoms with Crippen molar-refractivity contribution >= 4 is 35.1 Å². The van der Waals surface area contributed by atoms with Crippen molar-refractivity contribution in [2.75, 3.05) is 37.6 Å². The molecule has 0 saturated carbocycles. The number of carbonyl (C=O) groups excluding carboxylic acids is 2. The Kier molecular flexibility index (Phi) is 8.21. The molecule has 2 aromatic rings. The second-order valence-electron chi connectivity index (χ2n) is 7.59. The number of likely N-dealkylation sites (tertiary alicyclic amines) is 1. The van der Waals surface area contributed by atoms with Crippen LogP contribution in [0.15, 0.2) is 28.2 Å². The third-order valence-corrected chi connectivity index (χ3v) is 6.42. The number of nitrogens with zero attached hydrogens (tertiary/aromatic N) is 2. The molecule has 0 unspecified atom stereocenters. The molecule has 178 valence electrons. The number of thioether (sulfide) groups is 1. The number of methoxy groups -OCH3 is 2. The monoisotopic (exact) mass is 475 g/mol. The van der Waals surface area contributed by atoms with Crippen molar-refractivity contribution in [3.8, 4) is 11.5 Å². The molecule has 1 fully saturated rings. The first-order valence-corrected chi connectivity index (χ1v) is 11.7. The molecule has 10 nitrogen and oxygen atoms in total. The van der Waals surface area contributed by atoms with E-state index in [9.17, 15) is 14.4 Å². The average molecular weight is 476 g/mol. The van der Waals surface area contributed by atoms with Gasteiger partial charge in [-0.25, -0.2) is 4.98 Å². The lowest BCUT2D eigenvalue weighted by atomic mass is 10.0. The number of anilines is 2. The quantitative estimate of drug-likeness (QED) is 0.391. The molecule has 3 rings (SSSR count). The van der Waals surface area contributed by atoms with Crippen LogP contribution in [0.5, 0.6) is 11.5 Å². The zero-order valence-electron chi connectivity index (χ0n) is 19.0. The van der Waals surface area contributed by atoms with Gasteiger partial charge < -0.3 is 25.4 Å². The molecule has 2 heterocycles. The van der Waals surface area contributed by atoms with Crippen LogP contribution in [0.4, 0.5) is 11.5 Å². The van der Waals surface area contributed by atoms with Crippen LogP contribution >= 0.6 is 11.8 Å². The van der Waals surface area contributed by atoms with Crippen LogP contribution in [-0.2, 0) is 4.79 Å². The summed E-state index contributed by atoms with van der Waals surface area (Å²) in [6.07, 6.45) is 4.08. The smallest absolute Gasteiger partial charge is 0.277 e. The molecular formula is C22H29N5O5S. The third kappa shape index (κ3) is 5.78. The number of nitrogens with two attached hydrogens (primary N) is 1. The molecule has 33 heavy (non-hydrogen) atoms. The van der Waals surface area contributed by atoms with Crippen LogP contribution in [0, 0.1) is 0 Å². The molecule has 1 aromatic carbocycles. The largest absolute Gasteiger partial charge is 0.493 e. The Bertz CT molecular complexity index is 1070. The number of nitrogen functional groups attached to an aromatic ring is 1. The van der Waals surface area contributed by atoms with E-state index in [1.54, 1.807) is 6.07 Å². The average Bonchev–Trinajstić information content (AvgIpc) is 2.83. The Morgan fingerprint density at radius 2 is 2.03 bits per heavy atom. The van der Waals surface area contributed by atoms with Gasteiger partial charge in [-0.1, -0.05) is 18.7 Å². The summed E-state index contributed by atoms with van der Waals surface area (Å²) in [6, 6.07) is 4.88. The number of benzene rings is 1. The molecule has 0 spiro atoms. The van der Waals surface area contributed by atoms with Gasteiger partial charge in [-0.05, 0) is 43.9 Å². The number of rotatable bonds is 8. The summed E-state index contributed by atoms with van der Waals surface area (Å²) in [4.78, 5) is 46.5. The summed E-state index contributed by atoms with van der Waals surface area (Å²) in [5, 5.41) is 2.71. The van der Waals surface area contributed by atoms with E-state index in [2.05, 4.69) is 22.2 Å². The van der Waals surface area contributed by atoms with Crippen molar-refractivity contribution in [1.82, 2.24) is 14.9 Å². The SMILES string of the molecule is CC[C@@H]1CCCCN1C(=O)CSc1nc(N)c(NC(=O)c2ccc(OC)c(OC)c2)c(=O)[nH]1. The second kappa shape index (κ2) is 11.1. The van der Waals surface area contributed by atoms with Gasteiger partial charge in [0.15, 0.2) is 22.5 Å². The Morgan fingerprint density at radius 1 is 1.27 bits per heavy atom. The summed E-state index contributed by atoms with van der Waals surface area (Å²) >= 11 is 1.12. The third-order valence-electron chi connectivity index (χ3n) is 5.56. The standard InChI is InChI=1S/C22H29N5O5S/c1-4-14-7-5-6-10-27(14)17(28)12-33-22-25-19(23)18(21(30)26-22)24-20(29)13-8-9-15(31-2)16(11-13)32-3/h8-9,11,14H,4-7,10,12H2,1-3H3,(H,24,29)(H3,23,25,26,30)/t14-/m1/s1. The Labute approximate surface area is 196 Å². The predicted octanol–water partition coefficient (Wildman–Crippen LogP) is 2.50. The van der Waals surface area contributed by atoms with Crippen LogP contribution in [-0.4, -0.2) is 59.2 Å². The minimum absolute atomic E-state index is 0.0126. The lowest BCUT2D eigenvalue weighted by Gasteiger charge is -2.35. The molecule has 1 aliphatic rings. The Hall–Kier alpha value is -3.21. The summed E-state index contributed by atoms with van der Waals surface area (Å²) in [7, 11) is 2.95. The van der Waals surface area contributed by atoms with Crippen LogP contribution in [0.25, 0.3) is 0 Å². The molecule has 0 aliphatic carbocycles. The normalized spacial score (nSPS) is 15.7. The summed E-state index contributed by atoms with van der Waals surface area (Å²) in [5.74, 6) is 0.321. The van der Waals surface area contributed by atoms with E-state index in [4.69, 9.17) is 15.2 Å². The first-order chi connectivity index (χ1) is 15.9. The molecule has 0 bridgehead atoms. The lowest BCUT2D eigenvalue weighted by molar-refractivity contribution is -0.132. The van der Waals surface area contributed by atoms with E-state index in [-0.39, 0.29) is 39.9 Å². The van der Waals surface area contributed by atoms with Crippen LogP contribution in [0.3, 0.4) is 0 Å². The van der Waals surface area contributed by atoms with Crippen molar-refractivity contribution in [3.05, 3.63) is 34.1 Å². The molecule has 4 N–H and O–H groups in total. The second-order valence-corrected chi connectivity index (χ2v) is 8.55. The number of H-pyrrole nitrogens is 1. The number of hydrogen-bond acceptors (Lipinski definition) is 8. The minimum atomic E-state index is -0.601. The molecular weight excluding hydrogens is 446 g/mol. The molecule has 11 heteroatoms. The zero-order chi connectivity index (χ0) is 24.0. The molecule has 1 atom stereocenters. The number of carbonyl (C=O) groups is 2. The number of aromatic amines is 1. The fraction of sp³-hybridized carbons (Fsp3) is 0.455. The van der Waals surface area contributed by atoms with Gasteiger partial charge in [-0.3, -0.25) is 19.4 Å². The number of piperidine rings is 1. The molecule has 1 saturated heterocycles. The number of hydrogen-bond donors (Lipinski definition) is 3. The van der Waals surface area contributed by atoms with Gasteiger partial charge in [0.2, 0.25) is 5.91 Å².